The molecule has 1 atom stereocenters. The van der Waals surface area contributed by atoms with Crippen molar-refractivity contribution in [1.82, 2.24) is 14.8 Å². The van der Waals surface area contributed by atoms with Crippen LogP contribution in [-0.4, -0.2) is 60.4 Å². The van der Waals surface area contributed by atoms with Crippen LogP contribution in [0.3, 0.4) is 0 Å². The number of rotatable bonds is 6. The van der Waals surface area contributed by atoms with Gasteiger partial charge in [-0.05, 0) is 43.2 Å². The Kier molecular flexibility index (Phi) is 5.57. The maximum Gasteiger partial charge on any atom is 0.253 e. The number of hydrogen-bond donors (Lipinski definition) is 1. The van der Waals surface area contributed by atoms with E-state index >= 15 is 0 Å². The molecule has 3 fully saturated rings. The largest absolute Gasteiger partial charge is 0.381 e. The number of carbonyl (C=O) groups is 1. The van der Waals surface area contributed by atoms with Gasteiger partial charge in [-0.3, -0.25) is 4.79 Å². The molecular formula is C23H31N3O3. The van der Waals surface area contributed by atoms with Crippen molar-refractivity contribution >= 4 is 16.8 Å². The number of fused-ring (bicyclic) bond motifs is 1. The van der Waals surface area contributed by atoms with Gasteiger partial charge in [-0.15, -0.1) is 0 Å². The van der Waals surface area contributed by atoms with Crippen molar-refractivity contribution in [1.29, 1.82) is 0 Å². The van der Waals surface area contributed by atoms with E-state index in [0.29, 0.717) is 31.7 Å². The number of amides is 1. The number of ether oxygens (including phenoxy) is 2. The van der Waals surface area contributed by atoms with Crippen LogP contribution in [0, 0.1) is 5.92 Å². The molecule has 156 valence electrons. The normalized spacial score (nSPS) is 23.4. The molecule has 1 aromatic carbocycles. The molecule has 2 aromatic rings. The van der Waals surface area contributed by atoms with Crippen molar-refractivity contribution in [2.45, 2.75) is 50.9 Å². The highest BCUT2D eigenvalue weighted by Gasteiger charge is 2.37. The van der Waals surface area contributed by atoms with E-state index < -0.39 is 0 Å². The Hall–Kier alpha value is -1.89. The second kappa shape index (κ2) is 8.46. The first-order chi connectivity index (χ1) is 14.3. The average Bonchev–Trinajstić information content (AvgIpc) is 3.57. The maximum atomic E-state index is 13.2. The third kappa shape index (κ3) is 4.20. The molecule has 2 saturated heterocycles. The first-order valence-corrected chi connectivity index (χ1v) is 11.1. The molecule has 1 saturated carbocycles. The van der Waals surface area contributed by atoms with Gasteiger partial charge in [-0.25, -0.2) is 0 Å². The standard InChI is InChI=1S/C23H31N3O3/c27-23(22-13-24-9-12-29-22)26(19-5-6-19)16-18-15-25(14-17-7-10-28-11-8-17)21-4-2-1-3-20(18)21/h1-4,15,17,19,22,24H,5-14,16H2. The van der Waals surface area contributed by atoms with E-state index in [1.54, 1.807) is 0 Å². The van der Waals surface area contributed by atoms with Crippen LogP contribution in [0.5, 0.6) is 0 Å². The van der Waals surface area contributed by atoms with Crippen molar-refractivity contribution in [2.24, 2.45) is 5.92 Å². The molecule has 1 unspecified atom stereocenters. The van der Waals surface area contributed by atoms with Gasteiger partial charge in [0.25, 0.3) is 5.91 Å². The lowest BCUT2D eigenvalue weighted by Crippen LogP contribution is -2.49. The highest BCUT2D eigenvalue weighted by Crippen LogP contribution is 2.32. The fourth-order valence-corrected chi connectivity index (χ4v) is 4.67. The van der Waals surface area contributed by atoms with E-state index in [1.165, 1.54) is 16.5 Å². The van der Waals surface area contributed by atoms with Crippen LogP contribution in [0.2, 0.25) is 0 Å². The smallest absolute Gasteiger partial charge is 0.253 e. The highest BCUT2D eigenvalue weighted by molar-refractivity contribution is 5.86. The van der Waals surface area contributed by atoms with Gasteiger partial charge in [0.1, 0.15) is 6.10 Å². The minimum Gasteiger partial charge on any atom is -0.381 e. The van der Waals surface area contributed by atoms with Crippen LogP contribution in [-0.2, 0) is 27.4 Å². The number of carbonyl (C=O) groups excluding carboxylic acids is 1. The van der Waals surface area contributed by atoms with Gasteiger partial charge < -0.3 is 24.3 Å². The predicted octanol–water partition coefficient (Wildman–Crippen LogP) is 2.55. The molecular weight excluding hydrogens is 366 g/mol. The van der Waals surface area contributed by atoms with E-state index in [9.17, 15) is 4.79 Å². The summed E-state index contributed by atoms with van der Waals surface area (Å²) in [7, 11) is 0. The van der Waals surface area contributed by atoms with Crippen LogP contribution >= 0.6 is 0 Å². The molecule has 1 N–H and O–H groups in total. The zero-order valence-corrected chi connectivity index (χ0v) is 17.0. The summed E-state index contributed by atoms with van der Waals surface area (Å²) in [5.41, 5.74) is 2.52. The summed E-state index contributed by atoms with van der Waals surface area (Å²) in [6.45, 7) is 5.49. The minimum atomic E-state index is -0.347. The molecule has 1 amide bonds. The van der Waals surface area contributed by atoms with Gasteiger partial charge >= 0.3 is 0 Å². The van der Waals surface area contributed by atoms with E-state index in [4.69, 9.17) is 9.47 Å². The van der Waals surface area contributed by atoms with Gasteiger partial charge in [0.2, 0.25) is 0 Å². The van der Waals surface area contributed by atoms with Crippen molar-refractivity contribution in [2.75, 3.05) is 32.9 Å². The van der Waals surface area contributed by atoms with Crippen molar-refractivity contribution in [3.63, 3.8) is 0 Å². The SMILES string of the molecule is O=C(C1CNCCO1)N(Cc1cn(CC2CCOCC2)c2ccccc12)C1CC1. The monoisotopic (exact) mass is 397 g/mol. The molecule has 1 aromatic heterocycles. The fraction of sp³-hybridized carbons (Fsp3) is 0.609. The molecule has 6 nitrogen and oxygen atoms in total. The van der Waals surface area contributed by atoms with Crippen molar-refractivity contribution in [3.05, 3.63) is 36.0 Å². The second-order valence-corrected chi connectivity index (χ2v) is 8.64. The van der Waals surface area contributed by atoms with Crippen LogP contribution in [0.4, 0.5) is 0 Å². The lowest BCUT2D eigenvalue weighted by Gasteiger charge is -2.30. The van der Waals surface area contributed by atoms with E-state index in [1.807, 2.05) is 0 Å². The van der Waals surface area contributed by atoms with Crippen LogP contribution in [0.25, 0.3) is 10.9 Å². The fourth-order valence-electron chi connectivity index (χ4n) is 4.67. The molecule has 1 aliphatic carbocycles. The molecule has 2 aliphatic heterocycles. The van der Waals surface area contributed by atoms with E-state index in [-0.39, 0.29) is 12.0 Å². The lowest BCUT2D eigenvalue weighted by atomic mass is 10.0. The quantitative estimate of drug-likeness (QED) is 0.814. The summed E-state index contributed by atoms with van der Waals surface area (Å²) in [6.07, 6.45) is 6.39. The van der Waals surface area contributed by atoms with Crippen molar-refractivity contribution in [3.8, 4) is 0 Å². The zero-order chi connectivity index (χ0) is 19.6. The number of para-hydroxylation sites is 1. The molecule has 29 heavy (non-hydrogen) atoms. The van der Waals surface area contributed by atoms with Gasteiger partial charge in [-0.1, -0.05) is 18.2 Å². The summed E-state index contributed by atoms with van der Waals surface area (Å²) in [5.74, 6) is 0.802. The first kappa shape index (κ1) is 19.1. The highest BCUT2D eigenvalue weighted by atomic mass is 16.5. The summed E-state index contributed by atoms with van der Waals surface area (Å²) in [6, 6.07) is 8.97. The topological polar surface area (TPSA) is 55.7 Å². The number of hydrogen-bond acceptors (Lipinski definition) is 4. The first-order valence-electron chi connectivity index (χ1n) is 11.1. The van der Waals surface area contributed by atoms with Gasteiger partial charge in [0.15, 0.2) is 0 Å². The predicted molar refractivity (Wildman–Crippen MR) is 112 cm³/mol. The second-order valence-electron chi connectivity index (χ2n) is 8.64. The molecule has 3 aliphatic rings. The van der Waals surface area contributed by atoms with Crippen LogP contribution in [0.15, 0.2) is 30.5 Å². The number of aromatic nitrogens is 1. The third-order valence-electron chi connectivity index (χ3n) is 6.48. The Morgan fingerprint density at radius 1 is 1.14 bits per heavy atom. The third-order valence-corrected chi connectivity index (χ3v) is 6.48. The Bertz CT molecular complexity index is 848. The van der Waals surface area contributed by atoms with Gasteiger partial charge in [0, 0.05) is 62.5 Å². The van der Waals surface area contributed by atoms with Crippen LogP contribution < -0.4 is 5.32 Å². The minimum absolute atomic E-state index is 0.140. The molecule has 0 bridgehead atoms. The number of nitrogens with one attached hydrogen (secondary N) is 1. The summed E-state index contributed by atoms with van der Waals surface area (Å²) in [4.78, 5) is 15.3. The number of benzene rings is 1. The van der Waals surface area contributed by atoms with E-state index in [0.717, 1.165) is 52.0 Å². The molecule has 3 heterocycles. The lowest BCUT2D eigenvalue weighted by molar-refractivity contribution is -0.146. The zero-order valence-electron chi connectivity index (χ0n) is 17.0. The van der Waals surface area contributed by atoms with Crippen LogP contribution in [0.1, 0.15) is 31.2 Å². The summed E-state index contributed by atoms with van der Waals surface area (Å²) >= 11 is 0. The Morgan fingerprint density at radius 3 is 2.72 bits per heavy atom. The van der Waals surface area contributed by atoms with Gasteiger partial charge in [-0.2, -0.15) is 0 Å². The van der Waals surface area contributed by atoms with Gasteiger partial charge in [0.05, 0.1) is 6.61 Å². The Morgan fingerprint density at radius 2 is 1.97 bits per heavy atom. The summed E-state index contributed by atoms with van der Waals surface area (Å²) < 4.78 is 13.7. The van der Waals surface area contributed by atoms with E-state index in [2.05, 4.69) is 45.2 Å². The maximum absolute atomic E-state index is 13.2. The number of morpholine rings is 1. The number of nitrogens with zero attached hydrogens (tertiary/aromatic N) is 2. The van der Waals surface area contributed by atoms with Crippen molar-refractivity contribution < 1.29 is 14.3 Å². The molecule has 5 rings (SSSR count). The Balaban J connectivity index is 1.39. The average molecular weight is 398 g/mol. The molecule has 6 heteroatoms. The summed E-state index contributed by atoms with van der Waals surface area (Å²) in [5, 5.41) is 4.55. The molecule has 0 radical (unpaired) electrons. The molecule has 0 spiro atoms. The Labute approximate surface area is 172 Å².